The lowest BCUT2D eigenvalue weighted by Crippen LogP contribution is -2.49. The lowest BCUT2D eigenvalue weighted by Gasteiger charge is -2.35. The summed E-state index contributed by atoms with van der Waals surface area (Å²) in [5, 5.41) is 2.93. The first kappa shape index (κ1) is 21.7. The van der Waals surface area contributed by atoms with Gasteiger partial charge in [-0.15, -0.1) is 0 Å². The van der Waals surface area contributed by atoms with E-state index in [1.807, 2.05) is 47.0 Å². The molecule has 2 amide bonds. The molecule has 1 aromatic heterocycles. The summed E-state index contributed by atoms with van der Waals surface area (Å²) in [6.07, 6.45) is 2.61. The van der Waals surface area contributed by atoms with Crippen LogP contribution >= 0.6 is 11.8 Å². The summed E-state index contributed by atoms with van der Waals surface area (Å²) >= 11 is 1.81. The normalized spacial score (nSPS) is 20.4. The molecule has 4 rings (SSSR count). The standard InChI is InChI=1S/C24H30N4O2S/c1-2-31-15-10-25-23(29)19-8-9-22(26-17-19)27-11-13-28(14-12-27)24(30)21-16-20(21)18-6-4-3-5-7-18/h3-9,17,20-21H,2,10-16H2,1H3,(H,25,29). The first-order valence-electron chi connectivity index (χ1n) is 11.1. The van der Waals surface area contributed by atoms with Crippen molar-refractivity contribution in [2.45, 2.75) is 19.3 Å². The van der Waals surface area contributed by atoms with Crippen LogP contribution in [0.5, 0.6) is 0 Å². The number of rotatable bonds is 8. The van der Waals surface area contributed by atoms with Gasteiger partial charge in [0.1, 0.15) is 5.82 Å². The number of benzene rings is 1. The summed E-state index contributed by atoms with van der Waals surface area (Å²) < 4.78 is 0. The highest BCUT2D eigenvalue weighted by molar-refractivity contribution is 7.99. The molecule has 7 heteroatoms. The predicted molar refractivity (Wildman–Crippen MR) is 126 cm³/mol. The molecule has 1 aliphatic heterocycles. The van der Waals surface area contributed by atoms with Gasteiger partial charge in [-0.25, -0.2) is 4.98 Å². The zero-order valence-corrected chi connectivity index (χ0v) is 18.8. The second-order valence-corrected chi connectivity index (χ2v) is 9.42. The minimum atomic E-state index is -0.0800. The zero-order valence-electron chi connectivity index (χ0n) is 18.0. The number of thioether (sulfide) groups is 1. The summed E-state index contributed by atoms with van der Waals surface area (Å²) in [7, 11) is 0. The molecule has 164 valence electrons. The molecular formula is C24H30N4O2S. The summed E-state index contributed by atoms with van der Waals surface area (Å²) in [4.78, 5) is 33.8. The van der Waals surface area contributed by atoms with Gasteiger partial charge < -0.3 is 15.1 Å². The van der Waals surface area contributed by atoms with Crippen LogP contribution in [0.25, 0.3) is 0 Å². The molecule has 0 bridgehead atoms. The molecule has 2 fully saturated rings. The summed E-state index contributed by atoms with van der Waals surface area (Å²) in [5.41, 5.74) is 1.86. The first-order valence-corrected chi connectivity index (χ1v) is 12.2. The van der Waals surface area contributed by atoms with Crippen molar-refractivity contribution in [3.05, 3.63) is 59.8 Å². The van der Waals surface area contributed by atoms with E-state index >= 15 is 0 Å². The Kier molecular flexibility index (Phi) is 7.12. The van der Waals surface area contributed by atoms with Crippen molar-refractivity contribution < 1.29 is 9.59 Å². The lowest BCUT2D eigenvalue weighted by molar-refractivity contribution is -0.133. The number of amides is 2. The highest BCUT2D eigenvalue weighted by atomic mass is 32.2. The monoisotopic (exact) mass is 438 g/mol. The van der Waals surface area contributed by atoms with Gasteiger partial charge in [0, 0.05) is 50.6 Å². The SMILES string of the molecule is CCSCCNC(=O)c1ccc(N2CCN(C(=O)C3CC3c3ccccc3)CC2)nc1. The fourth-order valence-electron chi connectivity index (χ4n) is 4.12. The molecule has 1 N–H and O–H groups in total. The maximum Gasteiger partial charge on any atom is 0.252 e. The third-order valence-corrected chi connectivity index (χ3v) is 6.90. The molecule has 0 spiro atoms. The van der Waals surface area contributed by atoms with Crippen molar-refractivity contribution in [2.24, 2.45) is 5.92 Å². The Morgan fingerprint density at radius 3 is 2.55 bits per heavy atom. The van der Waals surface area contributed by atoms with Crippen LogP contribution in [0.3, 0.4) is 0 Å². The molecule has 2 aliphatic rings. The largest absolute Gasteiger partial charge is 0.353 e. The summed E-state index contributed by atoms with van der Waals surface area (Å²) in [5.74, 6) is 3.56. The van der Waals surface area contributed by atoms with Crippen LogP contribution in [0.1, 0.15) is 35.2 Å². The van der Waals surface area contributed by atoms with Crippen LogP contribution in [0.4, 0.5) is 5.82 Å². The van der Waals surface area contributed by atoms with Crippen LogP contribution in [-0.2, 0) is 4.79 Å². The summed E-state index contributed by atoms with van der Waals surface area (Å²) in [6, 6.07) is 14.1. The van der Waals surface area contributed by atoms with Crippen molar-refractivity contribution >= 4 is 29.4 Å². The average molecular weight is 439 g/mol. The van der Waals surface area contributed by atoms with Crippen molar-refractivity contribution in [3.63, 3.8) is 0 Å². The molecule has 6 nitrogen and oxygen atoms in total. The number of carbonyl (C=O) groups excluding carboxylic acids is 2. The van der Waals surface area contributed by atoms with Crippen molar-refractivity contribution in [1.29, 1.82) is 0 Å². The Morgan fingerprint density at radius 1 is 1.10 bits per heavy atom. The van der Waals surface area contributed by atoms with E-state index in [1.54, 1.807) is 6.20 Å². The molecule has 1 saturated carbocycles. The smallest absolute Gasteiger partial charge is 0.252 e. The van der Waals surface area contributed by atoms with Crippen LogP contribution in [-0.4, -0.2) is 65.9 Å². The highest BCUT2D eigenvalue weighted by Gasteiger charge is 2.46. The quantitative estimate of drug-likeness (QED) is 0.642. The molecule has 2 unspecified atom stereocenters. The van der Waals surface area contributed by atoms with Crippen molar-refractivity contribution in [1.82, 2.24) is 15.2 Å². The fourth-order valence-corrected chi connectivity index (χ4v) is 4.65. The lowest BCUT2D eigenvalue weighted by atomic mass is 10.1. The van der Waals surface area contributed by atoms with Gasteiger partial charge in [0.05, 0.1) is 5.56 Å². The Labute approximate surface area is 188 Å². The predicted octanol–water partition coefficient (Wildman–Crippen LogP) is 3.02. The van der Waals surface area contributed by atoms with E-state index in [4.69, 9.17) is 0 Å². The minimum absolute atomic E-state index is 0.0800. The van der Waals surface area contributed by atoms with Gasteiger partial charge in [-0.3, -0.25) is 9.59 Å². The van der Waals surface area contributed by atoms with Gasteiger partial charge in [-0.2, -0.15) is 11.8 Å². The second-order valence-electron chi connectivity index (χ2n) is 8.03. The number of nitrogens with one attached hydrogen (secondary N) is 1. The number of aromatic nitrogens is 1. The van der Waals surface area contributed by atoms with Gasteiger partial charge in [-0.1, -0.05) is 37.3 Å². The van der Waals surface area contributed by atoms with Gasteiger partial charge in [-0.05, 0) is 35.8 Å². The molecular weight excluding hydrogens is 408 g/mol. The molecule has 0 radical (unpaired) electrons. The topological polar surface area (TPSA) is 65.5 Å². The zero-order chi connectivity index (χ0) is 21.6. The highest BCUT2D eigenvalue weighted by Crippen LogP contribution is 2.48. The fraction of sp³-hybridized carbons (Fsp3) is 0.458. The van der Waals surface area contributed by atoms with E-state index < -0.39 is 0 Å². The van der Waals surface area contributed by atoms with Crippen LogP contribution in [0.2, 0.25) is 0 Å². The number of anilines is 1. The Hall–Kier alpha value is -2.54. The minimum Gasteiger partial charge on any atom is -0.353 e. The van der Waals surface area contributed by atoms with Gasteiger partial charge >= 0.3 is 0 Å². The summed E-state index contributed by atoms with van der Waals surface area (Å²) in [6.45, 7) is 5.74. The van der Waals surface area contributed by atoms with E-state index in [1.165, 1.54) is 5.56 Å². The molecule has 1 aromatic carbocycles. The first-order chi connectivity index (χ1) is 15.2. The molecule has 2 heterocycles. The van der Waals surface area contributed by atoms with Crippen LogP contribution in [0, 0.1) is 5.92 Å². The maximum absolute atomic E-state index is 12.9. The van der Waals surface area contributed by atoms with E-state index in [0.717, 1.165) is 49.9 Å². The molecule has 2 atom stereocenters. The molecule has 2 aromatic rings. The van der Waals surface area contributed by atoms with Crippen LogP contribution < -0.4 is 10.2 Å². The Balaban J connectivity index is 1.24. The van der Waals surface area contributed by atoms with E-state index in [9.17, 15) is 9.59 Å². The van der Waals surface area contributed by atoms with Crippen molar-refractivity contribution in [2.75, 3.05) is 49.1 Å². The van der Waals surface area contributed by atoms with E-state index in [0.29, 0.717) is 18.0 Å². The van der Waals surface area contributed by atoms with Crippen molar-refractivity contribution in [3.8, 4) is 0 Å². The number of piperazine rings is 1. The number of pyridine rings is 1. The maximum atomic E-state index is 12.9. The molecule has 31 heavy (non-hydrogen) atoms. The number of hydrogen-bond donors (Lipinski definition) is 1. The molecule has 1 aliphatic carbocycles. The number of carbonyl (C=O) groups is 2. The third-order valence-electron chi connectivity index (χ3n) is 6.00. The third kappa shape index (κ3) is 5.39. The van der Waals surface area contributed by atoms with E-state index in [-0.39, 0.29) is 17.7 Å². The number of hydrogen-bond acceptors (Lipinski definition) is 5. The van der Waals surface area contributed by atoms with Gasteiger partial charge in [0.25, 0.3) is 5.91 Å². The second kappa shape index (κ2) is 10.2. The van der Waals surface area contributed by atoms with Crippen LogP contribution in [0.15, 0.2) is 48.7 Å². The number of nitrogens with zero attached hydrogens (tertiary/aromatic N) is 3. The average Bonchev–Trinajstić information content (AvgIpc) is 3.63. The van der Waals surface area contributed by atoms with Gasteiger partial charge in [0.15, 0.2) is 0 Å². The Morgan fingerprint density at radius 2 is 1.87 bits per heavy atom. The van der Waals surface area contributed by atoms with E-state index in [2.05, 4.69) is 34.3 Å². The molecule has 1 saturated heterocycles. The Bertz CT molecular complexity index is 882. The van der Waals surface area contributed by atoms with Gasteiger partial charge in [0.2, 0.25) is 5.91 Å².